The second-order valence-corrected chi connectivity index (χ2v) is 15.7. The topological polar surface area (TPSA) is 29.5 Å². The van der Waals surface area contributed by atoms with Gasteiger partial charge >= 0.3 is 0 Å². The molecule has 0 fully saturated rings. The van der Waals surface area contributed by atoms with E-state index in [1.54, 1.807) is 0 Å². The summed E-state index contributed by atoms with van der Waals surface area (Å²) in [6.07, 6.45) is 0. The molecular weight excluding hydrogens is 743 g/mol. The number of benzene rings is 10. The molecule has 0 aliphatic heterocycles. The van der Waals surface area contributed by atoms with Crippen LogP contribution in [0.25, 0.3) is 99.2 Å². The molecule has 0 bridgehead atoms. The number of furan rings is 2. The first-order valence-electron chi connectivity index (χ1n) is 20.7. The fraction of sp³-hybridized carbons (Fsp3) is 0. The Morgan fingerprint density at radius 2 is 0.705 bits per heavy atom. The fourth-order valence-corrected chi connectivity index (χ4v) is 8.96. The van der Waals surface area contributed by atoms with Crippen molar-refractivity contribution >= 4 is 71.7 Å². The molecule has 0 atom stereocenters. The summed E-state index contributed by atoms with van der Waals surface area (Å²) >= 11 is 0. The van der Waals surface area contributed by atoms with Gasteiger partial charge in [0, 0.05) is 44.7 Å². The smallest absolute Gasteiger partial charge is 0.137 e. The molecule has 0 saturated heterocycles. The Hall–Kier alpha value is -8.14. The molecule has 286 valence electrons. The van der Waals surface area contributed by atoms with E-state index in [9.17, 15) is 0 Å². The van der Waals surface area contributed by atoms with Gasteiger partial charge in [-0.2, -0.15) is 0 Å². The maximum atomic E-state index is 6.44. The number of fused-ring (bicyclic) bond motifs is 7. The van der Waals surface area contributed by atoms with Crippen molar-refractivity contribution in [2.75, 3.05) is 4.90 Å². The second-order valence-electron chi connectivity index (χ2n) is 15.7. The van der Waals surface area contributed by atoms with E-state index in [0.29, 0.717) is 0 Å². The third-order valence-corrected chi connectivity index (χ3v) is 12.0. The van der Waals surface area contributed by atoms with Crippen LogP contribution in [0, 0.1) is 0 Å². The van der Waals surface area contributed by atoms with Gasteiger partial charge in [0.25, 0.3) is 0 Å². The molecule has 0 unspecified atom stereocenters. The molecule has 0 amide bonds. The minimum Gasteiger partial charge on any atom is -0.456 e. The van der Waals surface area contributed by atoms with Gasteiger partial charge in [-0.05, 0) is 140 Å². The minimum absolute atomic E-state index is 0.856. The predicted octanol–water partition coefficient (Wildman–Crippen LogP) is 16.8. The monoisotopic (exact) mass is 779 g/mol. The van der Waals surface area contributed by atoms with Gasteiger partial charge in [0.1, 0.15) is 22.3 Å². The van der Waals surface area contributed by atoms with Crippen LogP contribution in [0.3, 0.4) is 0 Å². The number of anilines is 3. The molecule has 3 heteroatoms. The molecule has 0 radical (unpaired) electrons. The van der Waals surface area contributed by atoms with Crippen LogP contribution in [0.15, 0.2) is 233 Å². The highest BCUT2D eigenvalue weighted by molar-refractivity contribution is 6.07. The van der Waals surface area contributed by atoms with E-state index in [1.165, 1.54) is 27.5 Å². The molecule has 0 aliphatic rings. The molecule has 3 nitrogen and oxygen atoms in total. The molecule has 0 aliphatic carbocycles. The molecule has 2 aromatic heterocycles. The molecular formula is C58H37NO2. The van der Waals surface area contributed by atoms with E-state index in [2.05, 4.69) is 205 Å². The Morgan fingerprint density at radius 3 is 1.44 bits per heavy atom. The average molecular weight is 780 g/mol. The average Bonchev–Trinajstić information content (AvgIpc) is 3.90. The van der Waals surface area contributed by atoms with Crippen LogP contribution >= 0.6 is 0 Å². The van der Waals surface area contributed by atoms with E-state index in [4.69, 9.17) is 8.83 Å². The van der Waals surface area contributed by atoms with Crippen molar-refractivity contribution in [1.29, 1.82) is 0 Å². The molecule has 12 aromatic rings. The second kappa shape index (κ2) is 14.3. The first-order valence-corrected chi connectivity index (χ1v) is 20.7. The quantitative estimate of drug-likeness (QED) is 0.161. The van der Waals surface area contributed by atoms with Gasteiger partial charge in [-0.3, -0.25) is 0 Å². The van der Waals surface area contributed by atoms with Crippen LogP contribution in [-0.2, 0) is 0 Å². The number of hydrogen-bond acceptors (Lipinski definition) is 3. The fourth-order valence-electron chi connectivity index (χ4n) is 8.96. The molecule has 2 heterocycles. The highest BCUT2D eigenvalue weighted by Gasteiger charge is 2.18. The van der Waals surface area contributed by atoms with Gasteiger partial charge in [0.15, 0.2) is 0 Å². The SMILES string of the molecule is c1ccc(-c2cc(-c3cccc(N(c4ccc(-c5ccc6ccccc6c5)cc4)c4ccc5c(c4)oc4ccccc45)c3)cc(-c3ccc4c(c3)oc3ccccc34)c2)cc1. The maximum absolute atomic E-state index is 6.44. The Bertz CT molecular complexity index is 3600. The normalized spacial score (nSPS) is 11.6. The Kier molecular flexibility index (Phi) is 8.17. The zero-order valence-electron chi connectivity index (χ0n) is 33.1. The Balaban J connectivity index is 0.994. The van der Waals surface area contributed by atoms with E-state index < -0.39 is 0 Å². The summed E-state index contributed by atoms with van der Waals surface area (Å²) in [7, 11) is 0. The highest BCUT2D eigenvalue weighted by atomic mass is 16.3. The van der Waals surface area contributed by atoms with Crippen LogP contribution in [0.1, 0.15) is 0 Å². The van der Waals surface area contributed by atoms with Crippen molar-refractivity contribution in [3.05, 3.63) is 224 Å². The number of hydrogen-bond donors (Lipinski definition) is 0. The van der Waals surface area contributed by atoms with Crippen molar-refractivity contribution in [2.45, 2.75) is 0 Å². The lowest BCUT2D eigenvalue weighted by Gasteiger charge is -2.26. The zero-order chi connectivity index (χ0) is 40.3. The Morgan fingerprint density at radius 1 is 0.230 bits per heavy atom. The predicted molar refractivity (Wildman–Crippen MR) is 255 cm³/mol. The van der Waals surface area contributed by atoms with Gasteiger partial charge in [-0.1, -0.05) is 133 Å². The maximum Gasteiger partial charge on any atom is 0.137 e. The van der Waals surface area contributed by atoms with Crippen LogP contribution in [-0.4, -0.2) is 0 Å². The van der Waals surface area contributed by atoms with Crippen molar-refractivity contribution in [1.82, 2.24) is 0 Å². The van der Waals surface area contributed by atoms with Crippen LogP contribution < -0.4 is 4.90 Å². The van der Waals surface area contributed by atoms with Crippen LogP contribution in [0.4, 0.5) is 17.1 Å². The third-order valence-electron chi connectivity index (χ3n) is 12.0. The zero-order valence-corrected chi connectivity index (χ0v) is 33.1. The summed E-state index contributed by atoms with van der Waals surface area (Å²) < 4.78 is 12.8. The molecule has 0 saturated carbocycles. The van der Waals surface area contributed by atoms with Gasteiger partial charge in [-0.15, -0.1) is 0 Å². The lowest BCUT2D eigenvalue weighted by molar-refractivity contribution is 0.668. The van der Waals surface area contributed by atoms with Gasteiger partial charge in [0.05, 0.1) is 0 Å². The number of nitrogens with zero attached hydrogens (tertiary/aromatic N) is 1. The van der Waals surface area contributed by atoms with Crippen molar-refractivity contribution in [3.63, 3.8) is 0 Å². The first kappa shape index (κ1) is 34.9. The summed E-state index contributed by atoms with van der Waals surface area (Å²) in [6.45, 7) is 0. The first-order chi connectivity index (χ1) is 30.2. The Labute approximate surface area is 353 Å². The lowest BCUT2D eigenvalue weighted by atomic mass is 9.93. The standard InChI is InChI=1S/C58H37NO2/c1-2-11-38(12-3-1)45-32-46(34-47(33-45)44-25-29-53-51-17-6-8-19-55(51)60-57(53)36-44)42-15-10-16-49(35-42)59(50-28-30-54-52-18-7-9-20-56(52)61-58(54)37-50)48-26-23-40(24-27-48)43-22-21-39-13-4-5-14-41(39)31-43/h1-37H. The van der Waals surface area contributed by atoms with Crippen LogP contribution in [0.2, 0.25) is 0 Å². The van der Waals surface area contributed by atoms with E-state index in [-0.39, 0.29) is 0 Å². The summed E-state index contributed by atoms with van der Waals surface area (Å²) in [6, 6.07) is 80.1. The van der Waals surface area contributed by atoms with Crippen molar-refractivity contribution in [2.24, 2.45) is 0 Å². The molecule has 0 spiro atoms. The summed E-state index contributed by atoms with van der Waals surface area (Å²) in [5, 5.41) is 6.95. The van der Waals surface area contributed by atoms with Crippen LogP contribution in [0.5, 0.6) is 0 Å². The molecule has 10 aromatic carbocycles. The van der Waals surface area contributed by atoms with Crippen molar-refractivity contribution < 1.29 is 8.83 Å². The third kappa shape index (κ3) is 6.23. The summed E-state index contributed by atoms with van der Waals surface area (Å²) in [5.74, 6) is 0. The largest absolute Gasteiger partial charge is 0.456 e. The van der Waals surface area contributed by atoms with Gasteiger partial charge < -0.3 is 13.7 Å². The molecule has 61 heavy (non-hydrogen) atoms. The lowest BCUT2D eigenvalue weighted by Crippen LogP contribution is -2.10. The van der Waals surface area contributed by atoms with E-state index in [0.717, 1.165) is 88.8 Å². The van der Waals surface area contributed by atoms with Gasteiger partial charge in [0.2, 0.25) is 0 Å². The van der Waals surface area contributed by atoms with Crippen molar-refractivity contribution in [3.8, 4) is 44.5 Å². The molecule has 0 N–H and O–H groups in total. The van der Waals surface area contributed by atoms with Gasteiger partial charge in [-0.25, -0.2) is 0 Å². The summed E-state index contributed by atoms with van der Waals surface area (Å²) in [5.41, 5.74) is 15.8. The number of para-hydroxylation sites is 2. The number of rotatable bonds is 7. The molecule has 12 rings (SSSR count). The van der Waals surface area contributed by atoms with E-state index in [1.807, 2.05) is 24.3 Å². The summed E-state index contributed by atoms with van der Waals surface area (Å²) in [4.78, 5) is 2.33. The van der Waals surface area contributed by atoms with E-state index >= 15 is 0 Å². The minimum atomic E-state index is 0.856. The highest BCUT2D eigenvalue weighted by Crippen LogP contribution is 2.42.